The molecule has 0 spiro atoms. The van der Waals surface area contributed by atoms with E-state index in [9.17, 15) is 9.90 Å². The molecule has 0 bridgehead atoms. The number of pyridine rings is 1. The second-order valence-corrected chi connectivity index (χ2v) is 10.2. The summed E-state index contributed by atoms with van der Waals surface area (Å²) >= 11 is 0. The van der Waals surface area contributed by atoms with Crippen LogP contribution in [0.1, 0.15) is 59.2 Å². The summed E-state index contributed by atoms with van der Waals surface area (Å²) in [5.41, 5.74) is 2.31. The average Bonchev–Trinajstić information content (AvgIpc) is 3.37. The van der Waals surface area contributed by atoms with E-state index >= 15 is 0 Å². The molecule has 1 aliphatic rings. The topological polar surface area (TPSA) is 131 Å². The maximum Gasteiger partial charge on any atom is 0.222 e. The van der Waals surface area contributed by atoms with Crippen LogP contribution in [-0.4, -0.2) is 48.2 Å². The first-order valence-electron chi connectivity index (χ1n) is 12.2. The first kappa shape index (κ1) is 26.1. The first-order valence-corrected chi connectivity index (χ1v) is 12.2. The van der Waals surface area contributed by atoms with Crippen molar-refractivity contribution < 1.29 is 14.6 Å². The zero-order chi connectivity index (χ0) is 26.9. The van der Waals surface area contributed by atoms with E-state index in [1.165, 1.54) is 6.92 Å². The van der Waals surface area contributed by atoms with Crippen LogP contribution in [0.3, 0.4) is 0 Å². The zero-order valence-electron chi connectivity index (χ0n) is 22.1. The molecule has 4 rings (SSSR count). The summed E-state index contributed by atoms with van der Waals surface area (Å²) in [6.45, 7) is 13.1. The zero-order valence-corrected chi connectivity index (χ0v) is 22.1. The Labute approximate surface area is 216 Å². The molecule has 0 aliphatic heterocycles. The van der Waals surface area contributed by atoms with Crippen LogP contribution in [0.4, 0.5) is 11.8 Å². The summed E-state index contributed by atoms with van der Waals surface area (Å²) in [7, 11) is 1.89. The number of aliphatic imine (C=N–C) groups is 1. The minimum Gasteiger partial charge on any atom is -0.456 e. The number of fused-ring (bicyclic) bond motifs is 1. The summed E-state index contributed by atoms with van der Waals surface area (Å²) in [6.07, 6.45) is 6.08. The molecule has 11 nitrogen and oxygen atoms in total. The average molecular weight is 507 g/mol. The van der Waals surface area contributed by atoms with Gasteiger partial charge < -0.3 is 25.0 Å². The van der Waals surface area contributed by atoms with Gasteiger partial charge in [0.05, 0.1) is 23.9 Å². The number of hydrogen-bond donors (Lipinski definition) is 3. The Bertz CT molecular complexity index is 1390. The van der Waals surface area contributed by atoms with E-state index in [0.717, 1.165) is 11.2 Å². The van der Waals surface area contributed by atoms with E-state index in [1.54, 1.807) is 18.3 Å². The van der Waals surface area contributed by atoms with Crippen LogP contribution in [0.25, 0.3) is 11.2 Å². The van der Waals surface area contributed by atoms with E-state index in [2.05, 4.69) is 53.1 Å². The number of allylic oxidation sites excluding steroid dienone is 2. The minimum absolute atomic E-state index is 0.104. The van der Waals surface area contributed by atoms with Crippen molar-refractivity contribution in [3.05, 3.63) is 47.8 Å². The monoisotopic (exact) mass is 506 g/mol. The molecule has 0 radical (unpaired) electrons. The van der Waals surface area contributed by atoms with Crippen molar-refractivity contribution >= 4 is 35.6 Å². The molecular formula is C26H34N8O3. The molecule has 3 aromatic heterocycles. The molecule has 1 aliphatic carbocycles. The molecule has 0 aromatic carbocycles. The third-order valence-electron chi connectivity index (χ3n) is 6.16. The number of ether oxygens (including phenoxy) is 1. The number of rotatable bonds is 8. The van der Waals surface area contributed by atoms with Gasteiger partial charge in [0.1, 0.15) is 17.3 Å². The van der Waals surface area contributed by atoms with Crippen molar-refractivity contribution in [2.24, 2.45) is 12.0 Å². The lowest BCUT2D eigenvalue weighted by molar-refractivity contribution is -0.118. The predicted octanol–water partition coefficient (Wildman–Crippen LogP) is 3.86. The van der Waals surface area contributed by atoms with Gasteiger partial charge in [-0.2, -0.15) is 10.1 Å². The quantitative estimate of drug-likeness (QED) is 0.240. The molecule has 0 saturated heterocycles. The summed E-state index contributed by atoms with van der Waals surface area (Å²) in [4.78, 5) is 24.3. The number of nitrogens with one attached hydrogen (secondary N) is 2. The Morgan fingerprint density at radius 3 is 2.65 bits per heavy atom. The Kier molecular flexibility index (Phi) is 7.17. The van der Waals surface area contributed by atoms with Crippen LogP contribution in [0.15, 0.2) is 47.1 Å². The van der Waals surface area contributed by atoms with Gasteiger partial charge in [0.25, 0.3) is 0 Å². The summed E-state index contributed by atoms with van der Waals surface area (Å²) in [5, 5.41) is 20.5. The number of aromatic nitrogens is 5. The Hall–Kier alpha value is -3.99. The van der Waals surface area contributed by atoms with Gasteiger partial charge in [-0.15, -0.1) is 0 Å². The predicted molar refractivity (Wildman–Crippen MR) is 143 cm³/mol. The Balaban J connectivity index is 1.58. The van der Waals surface area contributed by atoms with Gasteiger partial charge in [-0.25, -0.2) is 9.98 Å². The highest BCUT2D eigenvalue weighted by atomic mass is 16.5. The van der Waals surface area contributed by atoms with Crippen molar-refractivity contribution in [1.29, 1.82) is 0 Å². The number of carbonyl (C=O) groups is 1. The molecule has 0 atom stereocenters. The van der Waals surface area contributed by atoms with Gasteiger partial charge >= 0.3 is 0 Å². The third-order valence-corrected chi connectivity index (χ3v) is 6.16. The standard InChI is InChI=1S/C26H34N8O3/c1-8-18(12-22(27-6)29-15(2)35)37-19-11-20-24(28-14-19)31-25(33(20)7)30-23-13-21(26(3,4)5)34(32-23)16-9-17(36)10-16/h8,11-14,16-17,36H,6,9-10H2,1-5,7H3,(H,29,35)(H,28,30,31,32)/b18-8+,22-12+. The summed E-state index contributed by atoms with van der Waals surface area (Å²) < 4.78 is 9.88. The number of carbonyl (C=O) groups excluding carboxylic acids is 1. The van der Waals surface area contributed by atoms with Gasteiger partial charge in [-0.3, -0.25) is 9.48 Å². The van der Waals surface area contributed by atoms with Gasteiger partial charge in [-0.1, -0.05) is 20.8 Å². The minimum atomic E-state index is -0.260. The fourth-order valence-corrected chi connectivity index (χ4v) is 4.13. The molecule has 196 valence electrons. The van der Waals surface area contributed by atoms with Crippen LogP contribution in [0.5, 0.6) is 5.75 Å². The van der Waals surface area contributed by atoms with Crippen LogP contribution < -0.4 is 15.4 Å². The van der Waals surface area contributed by atoms with Crippen LogP contribution >= 0.6 is 0 Å². The highest BCUT2D eigenvalue weighted by molar-refractivity contribution is 5.77. The smallest absolute Gasteiger partial charge is 0.222 e. The molecule has 11 heteroatoms. The summed E-state index contributed by atoms with van der Waals surface area (Å²) in [5.74, 6) is 2.28. The van der Waals surface area contributed by atoms with Gasteiger partial charge in [0.15, 0.2) is 11.5 Å². The lowest BCUT2D eigenvalue weighted by Gasteiger charge is -2.34. The number of nitrogens with zero attached hydrogens (tertiary/aromatic N) is 6. The van der Waals surface area contributed by atoms with Crippen molar-refractivity contribution in [2.75, 3.05) is 5.32 Å². The molecule has 37 heavy (non-hydrogen) atoms. The molecule has 3 aromatic rings. The van der Waals surface area contributed by atoms with Crippen LogP contribution in [0.2, 0.25) is 0 Å². The number of aryl methyl sites for hydroxylation is 1. The molecular weight excluding hydrogens is 472 g/mol. The third kappa shape index (κ3) is 5.72. The summed E-state index contributed by atoms with van der Waals surface area (Å²) in [6, 6.07) is 4.07. The highest BCUT2D eigenvalue weighted by Crippen LogP contribution is 2.37. The SMILES string of the molecule is C=N/C(=C\C(=C/C)Oc1cnc2nc(Nc3cc(C(C)(C)C)n(C4CC(O)C4)n3)n(C)c2c1)NC(C)=O. The van der Waals surface area contributed by atoms with Crippen LogP contribution in [0, 0.1) is 0 Å². The van der Waals surface area contributed by atoms with Crippen molar-refractivity contribution in [3.63, 3.8) is 0 Å². The molecule has 3 heterocycles. The molecule has 0 unspecified atom stereocenters. The van der Waals surface area contributed by atoms with E-state index in [4.69, 9.17) is 9.84 Å². The lowest BCUT2D eigenvalue weighted by atomic mass is 9.87. The lowest BCUT2D eigenvalue weighted by Crippen LogP contribution is -2.34. The van der Waals surface area contributed by atoms with Crippen molar-refractivity contribution in [2.45, 2.75) is 65.0 Å². The van der Waals surface area contributed by atoms with Crippen LogP contribution in [-0.2, 0) is 17.3 Å². The Morgan fingerprint density at radius 1 is 1.32 bits per heavy atom. The maximum atomic E-state index is 11.4. The normalized spacial score (nSPS) is 18.5. The van der Waals surface area contributed by atoms with E-state index < -0.39 is 0 Å². The van der Waals surface area contributed by atoms with Crippen molar-refractivity contribution in [3.8, 4) is 5.75 Å². The van der Waals surface area contributed by atoms with Gasteiger partial charge in [0.2, 0.25) is 11.9 Å². The highest BCUT2D eigenvalue weighted by Gasteiger charge is 2.33. The maximum absolute atomic E-state index is 11.4. The fourth-order valence-electron chi connectivity index (χ4n) is 4.13. The fraction of sp³-hybridized carbons (Fsp3) is 0.423. The van der Waals surface area contributed by atoms with E-state index in [-0.39, 0.29) is 29.3 Å². The number of imidazole rings is 1. The first-order chi connectivity index (χ1) is 17.5. The van der Waals surface area contributed by atoms with Crippen molar-refractivity contribution in [1.82, 2.24) is 29.6 Å². The Morgan fingerprint density at radius 2 is 2.05 bits per heavy atom. The number of aliphatic hydroxyl groups excluding tert-OH is 1. The van der Waals surface area contributed by atoms with Gasteiger partial charge in [-0.05, 0) is 32.6 Å². The second kappa shape index (κ2) is 10.2. The number of anilines is 2. The second-order valence-electron chi connectivity index (χ2n) is 10.2. The van der Waals surface area contributed by atoms with E-state index in [1.807, 2.05) is 35.4 Å². The molecule has 3 N–H and O–H groups in total. The van der Waals surface area contributed by atoms with E-state index in [0.29, 0.717) is 41.8 Å². The number of hydrogen-bond acceptors (Lipinski definition) is 8. The number of amides is 1. The molecule has 1 saturated carbocycles. The molecule has 1 amide bonds. The number of aliphatic hydroxyl groups is 1. The van der Waals surface area contributed by atoms with Gasteiger partial charge in [0, 0.05) is 43.3 Å². The largest absolute Gasteiger partial charge is 0.456 e. The molecule has 1 fully saturated rings.